The summed E-state index contributed by atoms with van der Waals surface area (Å²) in [6.45, 7) is 5.21. The fourth-order valence-corrected chi connectivity index (χ4v) is 1.30. The number of nitrogens with two attached hydrogens (primary N) is 1. The Morgan fingerprint density at radius 3 is 1.93 bits per heavy atom. The van der Waals surface area contributed by atoms with Crippen LogP contribution in [0.25, 0.3) is 0 Å². The van der Waals surface area contributed by atoms with Crippen LogP contribution in [0.1, 0.15) is 45.1 Å². The van der Waals surface area contributed by atoms with Gasteiger partial charge in [0.1, 0.15) is 0 Å². The van der Waals surface area contributed by atoms with E-state index in [1.807, 2.05) is 6.07 Å². The number of unbranched alkanes of at least 4 members (excludes halogenated alkanes) is 2. The summed E-state index contributed by atoms with van der Waals surface area (Å²) in [5, 5.41) is 0. The largest absolute Gasteiger partial charge is 0.330 e. The quantitative estimate of drug-likeness (QED) is 0.781. The van der Waals surface area contributed by atoms with E-state index in [-0.39, 0.29) is 0 Å². The summed E-state index contributed by atoms with van der Waals surface area (Å²) in [5.41, 5.74) is 6.76. The average Bonchev–Trinajstić information content (AvgIpc) is 2.30. The Balaban J connectivity index is 0.000000336. The first-order valence-electron chi connectivity index (χ1n) is 6.09. The molecule has 1 nitrogen and oxygen atoms in total. The molecule has 0 heterocycles. The molecular weight excluding hydrogens is 182 g/mol. The summed E-state index contributed by atoms with van der Waals surface area (Å²) in [5.74, 6) is 0. The lowest BCUT2D eigenvalue weighted by atomic mass is 10.1. The van der Waals surface area contributed by atoms with Gasteiger partial charge in [0.15, 0.2) is 0 Å². The number of hydrogen-bond acceptors (Lipinski definition) is 1. The molecule has 0 fully saturated rings. The second kappa shape index (κ2) is 11.3. The standard InChI is InChI=1S/C9H13N.C5H12/c10-8-4-7-9-5-2-1-3-6-9;1-3-5-4-2/h1-3,5-6H,4,7-8,10H2;3-5H2,1-2H3. The van der Waals surface area contributed by atoms with Gasteiger partial charge in [-0.3, -0.25) is 0 Å². The van der Waals surface area contributed by atoms with E-state index >= 15 is 0 Å². The van der Waals surface area contributed by atoms with Crippen LogP contribution in [0.4, 0.5) is 0 Å². The molecule has 0 spiro atoms. The number of aryl methyl sites for hydroxylation is 1. The molecule has 1 rings (SSSR count). The minimum absolute atomic E-state index is 0.787. The van der Waals surface area contributed by atoms with Crippen LogP contribution in [-0.2, 0) is 6.42 Å². The van der Waals surface area contributed by atoms with Crippen molar-refractivity contribution in [3.8, 4) is 0 Å². The first-order chi connectivity index (χ1) is 7.35. The van der Waals surface area contributed by atoms with Gasteiger partial charge in [0.05, 0.1) is 0 Å². The fraction of sp³-hybridized carbons (Fsp3) is 0.571. The molecule has 0 atom stereocenters. The zero-order valence-electron chi connectivity index (χ0n) is 10.2. The van der Waals surface area contributed by atoms with Gasteiger partial charge in [0.25, 0.3) is 0 Å². The van der Waals surface area contributed by atoms with Crippen molar-refractivity contribution in [2.24, 2.45) is 5.73 Å². The van der Waals surface area contributed by atoms with Gasteiger partial charge in [-0.05, 0) is 24.9 Å². The predicted molar refractivity (Wildman–Crippen MR) is 69.0 cm³/mol. The lowest BCUT2D eigenvalue weighted by Gasteiger charge is -1.96. The topological polar surface area (TPSA) is 26.0 Å². The first-order valence-corrected chi connectivity index (χ1v) is 6.09. The second-order valence-corrected chi connectivity index (χ2v) is 3.73. The van der Waals surface area contributed by atoms with Crippen molar-refractivity contribution in [1.29, 1.82) is 0 Å². The number of benzene rings is 1. The van der Waals surface area contributed by atoms with E-state index in [0.717, 1.165) is 19.4 Å². The minimum atomic E-state index is 0.787. The third kappa shape index (κ3) is 9.48. The molecule has 0 saturated carbocycles. The highest BCUT2D eigenvalue weighted by Crippen LogP contribution is 2.00. The van der Waals surface area contributed by atoms with Crippen LogP contribution >= 0.6 is 0 Å². The molecule has 1 heteroatoms. The average molecular weight is 207 g/mol. The molecule has 0 amide bonds. The molecule has 0 aliphatic carbocycles. The zero-order chi connectivity index (χ0) is 11.4. The lowest BCUT2D eigenvalue weighted by molar-refractivity contribution is 0.772. The van der Waals surface area contributed by atoms with Gasteiger partial charge < -0.3 is 5.73 Å². The highest BCUT2D eigenvalue weighted by molar-refractivity contribution is 5.14. The maximum Gasteiger partial charge on any atom is -0.00741 e. The van der Waals surface area contributed by atoms with Gasteiger partial charge >= 0.3 is 0 Å². The Kier molecular flexibility index (Phi) is 10.6. The van der Waals surface area contributed by atoms with Gasteiger partial charge in [-0.25, -0.2) is 0 Å². The van der Waals surface area contributed by atoms with Crippen LogP contribution in [0.5, 0.6) is 0 Å². The summed E-state index contributed by atoms with van der Waals surface area (Å²) in [6, 6.07) is 10.4. The Morgan fingerprint density at radius 2 is 1.53 bits per heavy atom. The normalized spacial score (nSPS) is 9.27. The highest BCUT2D eigenvalue weighted by atomic mass is 14.5. The SMILES string of the molecule is CCCCC.NCCCc1ccccc1. The molecule has 86 valence electrons. The molecular formula is C14H25N. The molecule has 2 N–H and O–H groups in total. The van der Waals surface area contributed by atoms with Gasteiger partial charge in [0, 0.05) is 0 Å². The summed E-state index contributed by atoms with van der Waals surface area (Å²) >= 11 is 0. The van der Waals surface area contributed by atoms with Crippen LogP contribution in [0.2, 0.25) is 0 Å². The molecule has 15 heavy (non-hydrogen) atoms. The van der Waals surface area contributed by atoms with Gasteiger partial charge in [0.2, 0.25) is 0 Å². The molecule has 1 aromatic carbocycles. The first kappa shape index (κ1) is 14.2. The molecule has 0 radical (unpaired) electrons. The van der Waals surface area contributed by atoms with Gasteiger partial charge in [-0.15, -0.1) is 0 Å². The molecule has 1 aromatic rings. The summed E-state index contributed by atoms with van der Waals surface area (Å²) in [4.78, 5) is 0. The van der Waals surface area contributed by atoms with E-state index in [0.29, 0.717) is 0 Å². The monoisotopic (exact) mass is 207 g/mol. The zero-order valence-corrected chi connectivity index (χ0v) is 10.2. The third-order valence-electron chi connectivity index (χ3n) is 2.22. The van der Waals surface area contributed by atoms with E-state index in [2.05, 4.69) is 38.1 Å². The second-order valence-electron chi connectivity index (χ2n) is 3.73. The molecule has 0 aliphatic rings. The predicted octanol–water partition coefficient (Wildman–Crippen LogP) is 3.77. The van der Waals surface area contributed by atoms with Crippen molar-refractivity contribution in [2.75, 3.05) is 6.54 Å². The number of hydrogen-bond donors (Lipinski definition) is 1. The van der Waals surface area contributed by atoms with Crippen LogP contribution in [0.15, 0.2) is 30.3 Å². The molecule has 0 aliphatic heterocycles. The molecule has 0 unspecified atom stereocenters. The van der Waals surface area contributed by atoms with Crippen LogP contribution in [0, 0.1) is 0 Å². The van der Waals surface area contributed by atoms with Crippen molar-refractivity contribution < 1.29 is 0 Å². The van der Waals surface area contributed by atoms with Crippen molar-refractivity contribution in [2.45, 2.75) is 46.0 Å². The molecule has 0 saturated heterocycles. The van der Waals surface area contributed by atoms with E-state index in [9.17, 15) is 0 Å². The number of rotatable bonds is 5. The van der Waals surface area contributed by atoms with E-state index in [1.54, 1.807) is 0 Å². The van der Waals surface area contributed by atoms with Crippen LogP contribution in [0.3, 0.4) is 0 Å². The summed E-state index contributed by atoms with van der Waals surface area (Å²) in [6.07, 6.45) is 6.27. The van der Waals surface area contributed by atoms with Crippen molar-refractivity contribution in [3.05, 3.63) is 35.9 Å². The van der Waals surface area contributed by atoms with Crippen molar-refractivity contribution in [3.63, 3.8) is 0 Å². The van der Waals surface area contributed by atoms with Crippen molar-refractivity contribution in [1.82, 2.24) is 0 Å². The summed E-state index contributed by atoms with van der Waals surface area (Å²) in [7, 11) is 0. The Morgan fingerprint density at radius 1 is 0.933 bits per heavy atom. The van der Waals surface area contributed by atoms with Gasteiger partial charge in [-0.1, -0.05) is 63.4 Å². The maximum absolute atomic E-state index is 5.38. The highest BCUT2D eigenvalue weighted by Gasteiger charge is 1.87. The lowest BCUT2D eigenvalue weighted by Crippen LogP contribution is -1.99. The Hall–Kier alpha value is -0.820. The van der Waals surface area contributed by atoms with Crippen LogP contribution < -0.4 is 5.73 Å². The van der Waals surface area contributed by atoms with Gasteiger partial charge in [-0.2, -0.15) is 0 Å². The van der Waals surface area contributed by atoms with Crippen LogP contribution in [-0.4, -0.2) is 6.54 Å². The fourth-order valence-electron chi connectivity index (χ4n) is 1.30. The van der Waals surface area contributed by atoms with E-state index in [4.69, 9.17) is 5.73 Å². The van der Waals surface area contributed by atoms with E-state index < -0.39 is 0 Å². The Bertz CT molecular complexity index is 204. The van der Waals surface area contributed by atoms with E-state index in [1.165, 1.54) is 24.8 Å². The third-order valence-corrected chi connectivity index (χ3v) is 2.22. The Labute approximate surface area is 94.7 Å². The smallest absolute Gasteiger partial charge is 0.00741 e. The molecule has 0 aromatic heterocycles. The summed E-state index contributed by atoms with van der Waals surface area (Å²) < 4.78 is 0. The minimum Gasteiger partial charge on any atom is -0.330 e. The maximum atomic E-state index is 5.38. The van der Waals surface area contributed by atoms with Crippen molar-refractivity contribution >= 4 is 0 Å². The molecule has 0 bridgehead atoms.